The molecular formula is C11H20N4O. The zero-order valence-corrected chi connectivity index (χ0v) is 10.1. The zero-order chi connectivity index (χ0) is 12.1. The standard InChI is InChI=1S/C11H20N4O/c1-7(2)10-14-9(12)8(3)11(15-10)13-5-4-6-16/h7,16H,4-6H2,1-3H3,(H3,12,13,14,15). The van der Waals surface area contributed by atoms with Crippen molar-refractivity contribution in [2.24, 2.45) is 0 Å². The molecule has 0 unspecified atom stereocenters. The van der Waals surface area contributed by atoms with Crippen LogP contribution in [-0.4, -0.2) is 28.2 Å². The van der Waals surface area contributed by atoms with Crippen LogP contribution in [0.1, 0.15) is 37.6 Å². The van der Waals surface area contributed by atoms with Crippen molar-refractivity contribution in [3.8, 4) is 0 Å². The summed E-state index contributed by atoms with van der Waals surface area (Å²) < 4.78 is 0. The summed E-state index contributed by atoms with van der Waals surface area (Å²) in [6.45, 7) is 6.80. The van der Waals surface area contributed by atoms with E-state index in [1.54, 1.807) is 0 Å². The maximum atomic E-state index is 8.71. The predicted octanol–water partition coefficient (Wildman–Crippen LogP) is 1.28. The summed E-state index contributed by atoms with van der Waals surface area (Å²) in [6, 6.07) is 0. The van der Waals surface area contributed by atoms with Gasteiger partial charge in [-0.2, -0.15) is 0 Å². The predicted molar refractivity (Wildman–Crippen MR) is 65.5 cm³/mol. The molecule has 0 aliphatic rings. The molecule has 0 amide bonds. The lowest BCUT2D eigenvalue weighted by Crippen LogP contribution is -2.12. The minimum atomic E-state index is 0.170. The van der Waals surface area contributed by atoms with E-state index in [1.807, 2.05) is 20.8 Å². The second-order valence-corrected chi connectivity index (χ2v) is 4.10. The highest BCUT2D eigenvalue weighted by molar-refractivity contribution is 5.54. The largest absolute Gasteiger partial charge is 0.396 e. The Labute approximate surface area is 96.1 Å². The molecule has 0 fully saturated rings. The number of hydrogen-bond acceptors (Lipinski definition) is 5. The molecule has 0 aliphatic heterocycles. The Morgan fingerprint density at radius 1 is 1.38 bits per heavy atom. The van der Waals surface area contributed by atoms with E-state index in [0.717, 1.165) is 17.2 Å². The summed E-state index contributed by atoms with van der Waals surface area (Å²) in [4.78, 5) is 8.66. The lowest BCUT2D eigenvalue weighted by atomic mass is 10.2. The van der Waals surface area contributed by atoms with Crippen LogP contribution in [0.5, 0.6) is 0 Å². The fourth-order valence-electron chi connectivity index (χ4n) is 1.27. The van der Waals surface area contributed by atoms with Gasteiger partial charge in [0, 0.05) is 24.6 Å². The molecule has 0 aromatic carbocycles. The third kappa shape index (κ3) is 3.06. The Kier molecular flexibility index (Phi) is 4.49. The summed E-state index contributed by atoms with van der Waals surface area (Å²) in [6.07, 6.45) is 0.695. The van der Waals surface area contributed by atoms with E-state index in [-0.39, 0.29) is 12.5 Å². The molecule has 1 aromatic heterocycles. The molecule has 0 aliphatic carbocycles. The molecule has 0 saturated heterocycles. The third-order valence-electron chi connectivity index (χ3n) is 2.34. The molecule has 90 valence electrons. The van der Waals surface area contributed by atoms with Crippen LogP contribution < -0.4 is 11.1 Å². The number of aromatic nitrogens is 2. The van der Waals surface area contributed by atoms with E-state index in [1.165, 1.54) is 0 Å². The lowest BCUT2D eigenvalue weighted by molar-refractivity contribution is 0.292. The van der Waals surface area contributed by atoms with Gasteiger partial charge in [-0.1, -0.05) is 13.8 Å². The van der Waals surface area contributed by atoms with Crippen molar-refractivity contribution in [2.45, 2.75) is 33.1 Å². The van der Waals surface area contributed by atoms with Gasteiger partial charge in [0.2, 0.25) is 0 Å². The molecule has 0 saturated carbocycles. The average molecular weight is 224 g/mol. The van der Waals surface area contributed by atoms with E-state index >= 15 is 0 Å². The first-order valence-corrected chi connectivity index (χ1v) is 5.55. The van der Waals surface area contributed by atoms with Crippen molar-refractivity contribution < 1.29 is 5.11 Å². The van der Waals surface area contributed by atoms with Gasteiger partial charge < -0.3 is 16.2 Å². The number of aliphatic hydroxyl groups excluding tert-OH is 1. The van der Waals surface area contributed by atoms with Gasteiger partial charge in [0.1, 0.15) is 17.5 Å². The fourth-order valence-corrected chi connectivity index (χ4v) is 1.27. The van der Waals surface area contributed by atoms with Crippen molar-refractivity contribution in [3.63, 3.8) is 0 Å². The van der Waals surface area contributed by atoms with Crippen molar-refractivity contribution in [3.05, 3.63) is 11.4 Å². The number of aliphatic hydroxyl groups is 1. The normalized spacial score (nSPS) is 10.8. The van der Waals surface area contributed by atoms with Gasteiger partial charge >= 0.3 is 0 Å². The average Bonchev–Trinajstić information content (AvgIpc) is 2.24. The van der Waals surface area contributed by atoms with Gasteiger partial charge in [-0.15, -0.1) is 0 Å². The molecule has 16 heavy (non-hydrogen) atoms. The Morgan fingerprint density at radius 3 is 2.62 bits per heavy atom. The highest BCUT2D eigenvalue weighted by Gasteiger charge is 2.10. The SMILES string of the molecule is Cc1c(N)nc(C(C)C)nc1NCCCO. The third-order valence-corrected chi connectivity index (χ3v) is 2.34. The Balaban J connectivity index is 2.88. The van der Waals surface area contributed by atoms with Crippen molar-refractivity contribution >= 4 is 11.6 Å². The fraction of sp³-hybridized carbons (Fsp3) is 0.636. The van der Waals surface area contributed by atoms with Crippen LogP contribution in [0.3, 0.4) is 0 Å². The van der Waals surface area contributed by atoms with Gasteiger partial charge in [-0.25, -0.2) is 9.97 Å². The first-order valence-electron chi connectivity index (χ1n) is 5.55. The number of anilines is 2. The number of nitrogen functional groups attached to an aromatic ring is 1. The first-order chi connectivity index (χ1) is 7.56. The number of nitrogens with one attached hydrogen (secondary N) is 1. The molecule has 4 N–H and O–H groups in total. The molecule has 1 heterocycles. The van der Waals surface area contributed by atoms with Crippen molar-refractivity contribution in [2.75, 3.05) is 24.2 Å². The number of nitrogens with zero attached hydrogens (tertiary/aromatic N) is 2. The van der Waals surface area contributed by atoms with E-state index in [4.69, 9.17) is 10.8 Å². The van der Waals surface area contributed by atoms with Crippen molar-refractivity contribution in [1.82, 2.24) is 9.97 Å². The van der Waals surface area contributed by atoms with Crippen molar-refractivity contribution in [1.29, 1.82) is 0 Å². The molecular weight excluding hydrogens is 204 g/mol. The summed E-state index contributed by atoms with van der Waals surface area (Å²) in [5.41, 5.74) is 6.69. The number of hydrogen-bond donors (Lipinski definition) is 3. The van der Waals surface area contributed by atoms with Crippen LogP contribution >= 0.6 is 0 Å². The lowest BCUT2D eigenvalue weighted by Gasteiger charge is -2.13. The van der Waals surface area contributed by atoms with Crippen LogP contribution in [0.15, 0.2) is 0 Å². The molecule has 5 nitrogen and oxygen atoms in total. The number of nitrogens with two attached hydrogens (primary N) is 1. The minimum absolute atomic E-state index is 0.170. The van der Waals surface area contributed by atoms with E-state index in [9.17, 15) is 0 Å². The summed E-state index contributed by atoms with van der Waals surface area (Å²) in [5.74, 6) is 2.28. The maximum Gasteiger partial charge on any atom is 0.135 e. The first kappa shape index (κ1) is 12.7. The zero-order valence-electron chi connectivity index (χ0n) is 10.1. The van der Waals surface area contributed by atoms with Crippen LogP contribution in [0.2, 0.25) is 0 Å². The van der Waals surface area contributed by atoms with Gasteiger partial charge in [-0.3, -0.25) is 0 Å². The molecule has 1 aromatic rings. The van der Waals surface area contributed by atoms with Gasteiger partial charge in [-0.05, 0) is 13.3 Å². The molecule has 0 spiro atoms. The van der Waals surface area contributed by atoms with Gasteiger partial charge in [0.05, 0.1) is 0 Å². The Hall–Kier alpha value is -1.36. The van der Waals surface area contributed by atoms with Crippen LogP contribution in [0.4, 0.5) is 11.6 Å². The highest BCUT2D eigenvalue weighted by Crippen LogP contribution is 2.20. The molecule has 1 rings (SSSR count). The molecule has 0 radical (unpaired) electrons. The van der Waals surface area contributed by atoms with E-state index in [0.29, 0.717) is 18.8 Å². The topological polar surface area (TPSA) is 84.1 Å². The highest BCUT2D eigenvalue weighted by atomic mass is 16.3. The molecule has 0 atom stereocenters. The summed E-state index contributed by atoms with van der Waals surface area (Å²) >= 11 is 0. The minimum Gasteiger partial charge on any atom is -0.396 e. The molecule has 0 bridgehead atoms. The second-order valence-electron chi connectivity index (χ2n) is 4.10. The molecule has 5 heteroatoms. The monoisotopic (exact) mass is 224 g/mol. The summed E-state index contributed by atoms with van der Waals surface area (Å²) in [5, 5.41) is 11.9. The Bertz CT molecular complexity index is 352. The van der Waals surface area contributed by atoms with E-state index < -0.39 is 0 Å². The smallest absolute Gasteiger partial charge is 0.135 e. The quantitative estimate of drug-likeness (QED) is 0.656. The maximum absolute atomic E-state index is 8.71. The van der Waals surface area contributed by atoms with Crippen LogP contribution in [-0.2, 0) is 0 Å². The second kappa shape index (κ2) is 5.65. The van der Waals surface area contributed by atoms with E-state index in [2.05, 4.69) is 15.3 Å². The van der Waals surface area contributed by atoms with Gasteiger partial charge in [0.15, 0.2) is 0 Å². The Morgan fingerprint density at radius 2 is 2.06 bits per heavy atom. The van der Waals surface area contributed by atoms with Crippen LogP contribution in [0.25, 0.3) is 0 Å². The number of rotatable bonds is 5. The van der Waals surface area contributed by atoms with Gasteiger partial charge in [0.25, 0.3) is 0 Å². The summed E-state index contributed by atoms with van der Waals surface area (Å²) in [7, 11) is 0. The van der Waals surface area contributed by atoms with Crippen LogP contribution in [0, 0.1) is 6.92 Å².